The quantitative estimate of drug-likeness (QED) is 0.567. The van der Waals surface area contributed by atoms with Crippen LogP contribution in [0.1, 0.15) is 19.3 Å². The maximum atomic E-state index is 8.52. The molecule has 0 atom stereocenters. The molecule has 0 bridgehead atoms. The van der Waals surface area contributed by atoms with E-state index in [1.54, 1.807) is 18.1 Å². The number of thioether (sulfide) groups is 1. The van der Waals surface area contributed by atoms with Crippen molar-refractivity contribution in [3.05, 3.63) is 6.33 Å². The van der Waals surface area contributed by atoms with E-state index in [-0.39, 0.29) is 0 Å². The van der Waals surface area contributed by atoms with Crippen LogP contribution in [0.5, 0.6) is 0 Å². The van der Waals surface area contributed by atoms with Crippen molar-refractivity contribution >= 4 is 23.3 Å². The minimum absolute atomic E-state index is 0.309. The number of hydrogen-bond donors (Lipinski definition) is 1. The maximum absolute atomic E-state index is 8.52. The average molecular weight is 204 g/mol. The summed E-state index contributed by atoms with van der Waals surface area (Å²) in [5.41, 5.74) is 0. The summed E-state index contributed by atoms with van der Waals surface area (Å²) in [5, 5.41) is 8.52. The molecule has 0 aromatic carbocycles. The minimum Gasteiger partial charge on any atom is -0.396 e. The van der Waals surface area contributed by atoms with Crippen LogP contribution in [0.15, 0.2) is 10.7 Å². The van der Waals surface area contributed by atoms with E-state index in [2.05, 4.69) is 9.36 Å². The zero-order valence-electron chi connectivity index (χ0n) is 6.77. The van der Waals surface area contributed by atoms with Crippen LogP contribution < -0.4 is 0 Å². The van der Waals surface area contributed by atoms with Crippen molar-refractivity contribution in [1.29, 1.82) is 0 Å². The molecule has 12 heavy (non-hydrogen) atoms. The lowest BCUT2D eigenvalue weighted by atomic mass is 10.3. The van der Waals surface area contributed by atoms with E-state index < -0.39 is 0 Å². The van der Waals surface area contributed by atoms with Crippen LogP contribution in [0.3, 0.4) is 0 Å². The van der Waals surface area contributed by atoms with Crippen LogP contribution in [0.4, 0.5) is 0 Å². The van der Waals surface area contributed by atoms with Gasteiger partial charge in [0.2, 0.25) is 0 Å². The molecule has 0 saturated heterocycles. The Hall–Kier alpha value is -0.130. The zero-order valence-corrected chi connectivity index (χ0v) is 8.40. The van der Waals surface area contributed by atoms with E-state index in [0.29, 0.717) is 6.61 Å². The van der Waals surface area contributed by atoms with E-state index in [1.165, 1.54) is 11.5 Å². The third-order valence-electron chi connectivity index (χ3n) is 1.37. The SMILES string of the molecule is OCCCCCSc1ncns1. The fourth-order valence-electron chi connectivity index (χ4n) is 0.777. The molecule has 5 heteroatoms. The monoisotopic (exact) mass is 204 g/mol. The fraction of sp³-hybridized carbons (Fsp3) is 0.714. The van der Waals surface area contributed by atoms with Crippen molar-refractivity contribution in [3.63, 3.8) is 0 Å². The van der Waals surface area contributed by atoms with Gasteiger partial charge in [-0.1, -0.05) is 18.2 Å². The lowest BCUT2D eigenvalue weighted by Gasteiger charge is -1.95. The van der Waals surface area contributed by atoms with Gasteiger partial charge in [0.15, 0.2) is 4.34 Å². The molecule has 1 aromatic rings. The van der Waals surface area contributed by atoms with Crippen LogP contribution in [-0.2, 0) is 0 Å². The summed E-state index contributed by atoms with van der Waals surface area (Å²) in [5.74, 6) is 1.08. The van der Waals surface area contributed by atoms with Crippen molar-refractivity contribution in [2.75, 3.05) is 12.4 Å². The molecule has 0 aliphatic carbocycles. The summed E-state index contributed by atoms with van der Waals surface area (Å²) < 4.78 is 4.95. The number of aromatic nitrogens is 2. The highest BCUT2D eigenvalue weighted by molar-refractivity contribution is 8.00. The Balaban J connectivity index is 1.96. The summed E-state index contributed by atoms with van der Waals surface area (Å²) in [7, 11) is 0. The fourth-order valence-corrected chi connectivity index (χ4v) is 2.29. The number of aliphatic hydroxyl groups excluding tert-OH is 1. The van der Waals surface area contributed by atoms with Gasteiger partial charge in [0.1, 0.15) is 6.33 Å². The molecule has 0 aliphatic heterocycles. The van der Waals surface area contributed by atoms with Crippen molar-refractivity contribution < 1.29 is 5.11 Å². The second-order valence-corrected chi connectivity index (χ2v) is 4.46. The Labute approximate surface area is 80.4 Å². The van der Waals surface area contributed by atoms with Gasteiger partial charge < -0.3 is 5.11 Å². The van der Waals surface area contributed by atoms with Crippen molar-refractivity contribution in [1.82, 2.24) is 9.36 Å². The summed E-state index contributed by atoms with van der Waals surface area (Å²) >= 11 is 3.18. The van der Waals surface area contributed by atoms with Gasteiger partial charge in [-0.25, -0.2) is 4.98 Å². The largest absolute Gasteiger partial charge is 0.396 e. The predicted molar refractivity (Wildman–Crippen MR) is 51.6 cm³/mol. The van der Waals surface area contributed by atoms with Gasteiger partial charge in [-0.15, -0.1) is 0 Å². The molecule has 68 valence electrons. The van der Waals surface area contributed by atoms with Gasteiger partial charge >= 0.3 is 0 Å². The first-order valence-electron chi connectivity index (χ1n) is 3.94. The highest BCUT2D eigenvalue weighted by atomic mass is 32.2. The first-order chi connectivity index (χ1) is 5.93. The van der Waals surface area contributed by atoms with Crippen LogP contribution in [0.2, 0.25) is 0 Å². The van der Waals surface area contributed by atoms with E-state index in [4.69, 9.17) is 5.11 Å². The van der Waals surface area contributed by atoms with E-state index in [1.807, 2.05) is 0 Å². The normalized spacial score (nSPS) is 10.4. The Morgan fingerprint density at radius 2 is 2.33 bits per heavy atom. The molecule has 1 heterocycles. The molecular weight excluding hydrogens is 192 g/mol. The summed E-state index contributed by atoms with van der Waals surface area (Å²) in [6.07, 6.45) is 4.74. The van der Waals surface area contributed by atoms with Gasteiger partial charge in [-0.05, 0) is 24.4 Å². The molecule has 1 N–H and O–H groups in total. The van der Waals surface area contributed by atoms with Gasteiger partial charge in [0.25, 0.3) is 0 Å². The maximum Gasteiger partial charge on any atom is 0.169 e. The van der Waals surface area contributed by atoms with Crippen molar-refractivity contribution in [3.8, 4) is 0 Å². The molecule has 1 aromatic heterocycles. The van der Waals surface area contributed by atoms with Crippen molar-refractivity contribution in [2.45, 2.75) is 23.6 Å². The molecule has 0 amide bonds. The van der Waals surface area contributed by atoms with Gasteiger partial charge in [0, 0.05) is 12.4 Å². The first-order valence-corrected chi connectivity index (χ1v) is 5.69. The smallest absolute Gasteiger partial charge is 0.169 e. The molecular formula is C7H12N2OS2. The topological polar surface area (TPSA) is 46.0 Å². The van der Waals surface area contributed by atoms with Gasteiger partial charge in [-0.2, -0.15) is 4.37 Å². The average Bonchev–Trinajstić information content (AvgIpc) is 2.57. The number of hydrogen-bond acceptors (Lipinski definition) is 5. The Kier molecular flexibility index (Phi) is 5.30. The number of unbranched alkanes of at least 4 members (excludes halogenated alkanes) is 2. The van der Waals surface area contributed by atoms with Crippen LogP contribution in [-0.4, -0.2) is 26.8 Å². The van der Waals surface area contributed by atoms with Crippen LogP contribution in [0.25, 0.3) is 0 Å². The molecule has 0 aliphatic rings. The number of aliphatic hydroxyl groups is 1. The van der Waals surface area contributed by atoms with E-state index in [0.717, 1.165) is 29.4 Å². The number of rotatable bonds is 6. The van der Waals surface area contributed by atoms with E-state index >= 15 is 0 Å². The third-order valence-corrected chi connectivity index (χ3v) is 3.25. The standard InChI is InChI=1S/C7H12N2OS2/c10-4-2-1-3-5-11-7-8-6-9-12-7/h6,10H,1-5H2. The predicted octanol–water partition coefficient (Wildman–Crippen LogP) is 1.79. The molecule has 0 unspecified atom stereocenters. The Morgan fingerprint density at radius 1 is 1.42 bits per heavy atom. The number of nitrogens with zero attached hydrogens (tertiary/aromatic N) is 2. The van der Waals surface area contributed by atoms with Crippen LogP contribution >= 0.6 is 23.3 Å². The van der Waals surface area contributed by atoms with Crippen LogP contribution in [0, 0.1) is 0 Å². The summed E-state index contributed by atoms with van der Waals surface area (Å²) in [6.45, 7) is 0.309. The van der Waals surface area contributed by atoms with E-state index in [9.17, 15) is 0 Å². The molecule has 0 fully saturated rings. The Morgan fingerprint density at radius 3 is 3.00 bits per heavy atom. The highest BCUT2D eigenvalue weighted by Gasteiger charge is 1.96. The molecule has 0 radical (unpaired) electrons. The molecule has 0 saturated carbocycles. The molecule has 3 nitrogen and oxygen atoms in total. The van der Waals surface area contributed by atoms with Gasteiger partial charge in [0.05, 0.1) is 0 Å². The highest BCUT2D eigenvalue weighted by Crippen LogP contribution is 2.19. The minimum atomic E-state index is 0.309. The summed E-state index contributed by atoms with van der Waals surface area (Å²) in [6, 6.07) is 0. The lowest BCUT2D eigenvalue weighted by Crippen LogP contribution is -1.84. The second kappa shape index (κ2) is 6.39. The third kappa shape index (κ3) is 4.04. The first kappa shape index (κ1) is 9.95. The second-order valence-electron chi connectivity index (χ2n) is 2.34. The lowest BCUT2D eigenvalue weighted by molar-refractivity contribution is 0.284. The molecule has 1 rings (SSSR count). The zero-order chi connectivity index (χ0) is 8.65. The summed E-state index contributed by atoms with van der Waals surface area (Å²) in [4.78, 5) is 4.06. The van der Waals surface area contributed by atoms with Crippen molar-refractivity contribution in [2.24, 2.45) is 0 Å². The van der Waals surface area contributed by atoms with Gasteiger partial charge in [-0.3, -0.25) is 0 Å². The Bertz CT molecular complexity index is 191. The molecule has 0 spiro atoms.